The lowest BCUT2D eigenvalue weighted by atomic mass is 10.2. The van der Waals surface area contributed by atoms with Crippen LogP contribution in [0.15, 0.2) is 18.3 Å². The van der Waals surface area contributed by atoms with E-state index in [2.05, 4.69) is 9.97 Å². The Bertz CT molecular complexity index is 490. The number of hydrogen-bond acceptors (Lipinski definition) is 1. The van der Waals surface area contributed by atoms with Crippen molar-refractivity contribution in [2.24, 2.45) is 0 Å². The van der Waals surface area contributed by atoms with E-state index < -0.39 is 11.7 Å². The molecule has 2 heterocycles. The lowest BCUT2D eigenvalue weighted by Gasteiger charge is -2.04. The molecule has 6 heteroatoms. The number of nitrogens with one attached hydrogen (secondary N) is 1. The van der Waals surface area contributed by atoms with Gasteiger partial charge in [-0.2, -0.15) is 13.2 Å². The van der Waals surface area contributed by atoms with E-state index in [9.17, 15) is 13.2 Å². The summed E-state index contributed by atoms with van der Waals surface area (Å²) in [4.78, 5) is 6.50. The van der Waals surface area contributed by atoms with Gasteiger partial charge >= 0.3 is 6.18 Å². The number of rotatable bonds is 1. The third kappa shape index (κ3) is 1.92. The van der Waals surface area contributed by atoms with Gasteiger partial charge in [-0.3, -0.25) is 0 Å². The molecule has 0 amide bonds. The summed E-state index contributed by atoms with van der Waals surface area (Å²) >= 11 is 5.55. The zero-order chi connectivity index (χ0) is 11.1. The average Bonchev–Trinajstić information content (AvgIpc) is 2.57. The van der Waals surface area contributed by atoms with Crippen molar-refractivity contribution in [3.63, 3.8) is 0 Å². The van der Waals surface area contributed by atoms with Gasteiger partial charge < -0.3 is 4.98 Å². The van der Waals surface area contributed by atoms with Crippen LogP contribution in [0.3, 0.4) is 0 Å². The van der Waals surface area contributed by atoms with Crippen LogP contribution < -0.4 is 0 Å². The molecule has 0 saturated heterocycles. The standard InChI is InChI=1S/C9H6ClF3N2/c10-3-7-2-5-1-6(9(11,12)13)4-14-8(5)15-7/h1-2,4H,3H2,(H,14,15). The van der Waals surface area contributed by atoms with Gasteiger partial charge in [0.2, 0.25) is 0 Å². The minimum Gasteiger partial charge on any atom is -0.342 e. The summed E-state index contributed by atoms with van der Waals surface area (Å²) in [5.74, 6) is 0.220. The van der Waals surface area contributed by atoms with Crippen molar-refractivity contribution in [2.75, 3.05) is 0 Å². The van der Waals surface area contributed by atoms with Gasteiger partial charge in [0, 0.05) is 17.3 Å². The van der Waals surface area contributed by atoms with Crippen molar-refractivity contribution < 1.29 is 13.2 Å². The molecule has 0 unspecified atom stereocenters. The minimum absolute atomic E-state index is 0.220. The molecule has 0 atom stereocenters. The van der Waals surface area contributed by atoms with Crippen molar-refractivity contribution in [2.45, 2.75) is 12.1 Å². The number of halogens is 4. The van der Waals surface area contributed by atoms with E-state index >= 15 is 0 Å². The first kappa shape index (κ1) is 10.3. The predicted molar refractivity (Wildman–Crippen MR) is 50.7 cm³/mol. The Morgan fingerprint density at radius 1 is 1.33 bits per heavy atom. The molecular weight excluding hydrogens is 229 g/mol. The molecule has 0 aliphatic heterocycles. The third-order valence-corrected chi connectivity index (χ3v) is 2.29. The Morgan fingerprint density at radius 3 is 2.67 bits per heavy atom. The highest BCUT2D eigenvalue weighted by Gasteiger charge is 2.31. The molecule has 2 aromatic heterocycles. The highest BCUT2D eigenvalue weighted by atomic mass is 35.5. The largest absolute Gasteiger partial charge is 0.417 e. The fourth-order valence-electron chi connectivity index (χ4n) is 1.30. The van der Waals surface area contributed by atoms with E-state index in [1.807, 2.05) is 0 Å². The van der Waals surface area contributed by atoms with E-state index in [4.69, 9.17) is 11.6 Å². The zero-order valence-electron chi connectivity index (χ0n) is 7.40. The first-order valence-corrected chi connectivity index (χ1v) is 4.65. The monoisotopic (exact) mass is 234 g/mol. The number of aromatic amines is 1. The van der Waals surface area contributed by atoms with E-state index in [0.29, 0.717) is 16.7 Å². The summed E-state index contributed by atoms with van der Waals surface area (Å²) in [5.41, 5.74) is 0.312. The number of pyridine rings is 1. The van der Waals surface area contributed by atoms with Crippen LogP contribution in [-0.4, -0.2) is 9.97 Å². The van der Waals surface area contributed by atoms with E-state index in [1.54, 1.807) is 6.07 Å². The van der Waals surface area contributed by atoms with Crippen LogP contribution in [0, 0.1) is 0 Å². The summed E-state index contributed by atoms with van der Waals surface area (Å²) in [6.45, 7) is 0. The third-order valence-electron chi connectivity index (χ3n) is 2.00. The van der Waals surface area contributed by atoms with Gasteiger partial charge in [-0.25, -0.2) is 4.98 Å². The normalized spacial score (nSPS) is 12.3. The van der Waals surface area contributed by atoms with Crippen LogP contribution >= 0.6 is 11.6 Å². The van der Waals surface area contributed by atoms with Gasteiger partial charge in [-0.15, -0.1) is 11.6 Å². The van der Waals surface area contributed by atoms with Crippen LogP contribution in [-0.2, 0) is 12.1 Å². The maximum absolute atomic E-state index is 12.3. The van der Waals surface area contributed by atoms with Crippen LogP contribution in [0.2, 0.25) is 0 Å². The molecule has 2 nitrogen and oxygen atoms in total. The van der Waals surface area contributed by atoms with Crippen molar-refractivity contribution >= 4 is 22.6 Å². The summed E-state index contributed by atoms with van der Waals surface area (Å²) in [6.07, 6.45) is -3.56. The second-order valence-corrected chi connectivity index (χ2v) is 3.36. The molecule has 0 aliphatic carbocycles. The van der Waals surface area contributed by atoms with E-state index in [1.165, 1.54) is 0 Å². The van der Waals surface area contributed by atoms with E-state index in [-0.39, 0.29) is 5.88 Å². The molecule has 0 aliphatic rings. The van der Waals surface area contributed by atoms with Crippen LogP contribution in [0.4, 0.5) is 13.2 Å². The highest BCUT2D eigenvalue weighted by molar-refractivity contribution is 6.17. The average molecular weight is 235 g/mol. The Kier molecular flexibility index (Phi) is 2.34. The fraction of sp³-hybridized carbons (Fsp3) is 0.222. The second kappa shape index (κ2) is 3.41. The molecule has 0 saturated carbocycles. The number of aromatic nitrogens is 2. The number of hydrogen-bond donors (Lipinski definition) is 1. The molecule has 0 aromatic carbocycles. The first-order chi connectivity index (χ1) is 7.00. The summed E-state index contributed by atoms with van der Waals surface area (Å²) in [5, 5.41) is 0.417. The molecular formula is C9H6ClF3N2. The minimum atomic E-state index is -4.36. The topological polar surface area (TPSA) is 28.7 Å². The Morgan fingerprint density at radius 2 is 2.07 bits per heavy atom. The predicted octanol–water partition coefficient (Wildman–Crippen LogP) is 3.32. The van der Waals surface area contributed by atoms with Crippen LogP contribution in [0.5, 0.6) is 0 Å². The molecule has 15 heavy (non-hydrogen) atoms. The maximum atomic E-state index is 12.3. The van der Waals surface area contributed by atoms with Gasteiger partial charge in [0.1, 0.15) is 5.65 Å². The summed E-state index contributed by atoms with van der Waals surface area (Å²) in [6, 6.07) is 2.61. The molecule has 2 aromatic rings. The number of nitrogens with zero attached hydrogens (tertiary/aromatic N) is 1. The van der Waals surface area contributed by atoms with Crippen molar-refractivity contribution in [1.82, 2.24) is 9.97 Å². The maximum Gasteiger partial charge on any atom is 0.417 e. The van der Waals surface area contributed by atoms with Crippen LogP contribution in [0.1, 0.15) is 11.3 Å². The van der Waals surface area contributed by atoms with Crippen molar-refractivity contribution in [3.8, 4) is 0 Å². The summed E-state index contributed by atoms with van der Waals surface area (Å²) < 4.78 is 37.0. The van der Waals surface area contributed by atoms with Gasteiger partial charge in [-0.05, 0) is 12.1 Å². The number of H-pyrrole nitrogens is 1. The molecule has 1 N–H and O–H groups in total. The van der Waals surface area contributed by atoms with Gasteiger partial charge in [0.05, 0.1) is 11.4 Å². The quantitative estimate of drug-likeness (QED) is 0.754. The molecule has 0 fully saturated rings. The van der Waals surface area contributed by atoms with Crippen molar-refractivity contribution in [3.05, 3.63) is 29.6 Å². The zero-order valence-corrected chi connectivity index (χ0v) is 8.15. The van der Waals surface area contributed by atoms with Gasteiger partial charge in [-0.1, -0.05) is 0 Å². The Labute approximate surface area is 88.1 Å². The lowest BCUT2D eigenvalue weighted by Crippen LogP contribution is -2.04. The fourth-order valence-corrected chi connectivity index (χ4v) is 1.44. The first-order valence-electron chi connectivity index (χ1n) is 4.11. The molecule has 2 rings (SSSR count). The van der Waals surface area contributed by atoms with Crippen LogP contribution in [0.25, 0.3) is 11.0 Å². The lowest BCUT2D eigenvalue weighted by molar-refractivity contribution is -0.137. The number of alkyl halides is 4. The van der Waals surface area contributed by atoms with Gasteiger partial charge in [0.25, 0.3) is 0 Å². The highest BCUT2D eigenvalue weighted by Crippen LogP contribution is 2.30. The van der Waals surface area contributed by atoms with E-state index in [0.717, 1.165) is 12.3 Å². The molecule has 0 bridgehead atoms. The summed E-state index contributed by atoms with van der Waals surface area (Å²) in [7, 11) is 0. The van der Waals surface area contributed by atoms with Crippen molar-refractivity contribution in [1.29, 1.82) is 0 Å². The SMILES string of the molecule is FC(F)(F)c1cnc2[nH]c(CCl)cc2c1. The number of fused-ring (bicyclic) bond motifs is 1. The Balaban J connectivity index is 2.55. The molecule has 0 radical (unpaired) electrons. The second-order valence-electron chi connectivity index (χ2n) is 3.09. The van der Waals surface area contributed by atoms with Gasteiger partial charge in [0.15, 0.2) is 0 Å². The smallest absolute Gasteiger partial charge is 0.342 e. The molecule has 0 spiro atoms. The molecule has 80 valence electrons. The Hall–Kier alpha value is -1.23.